The molecule has 0 N–H and O–H groups in total. The van der Waals surface area contributed by atoms with Gasteiger partial charge < -0.3 is 9.64 Å². The number of carbonyl (C=O) groups excluding carboxylic acids is 1. The summed E-state index contributed by atoms with van der Waals surface area (Å²) in [7, 11) is 0. The zero-order valence-corrected chi connectivity index (χ0v) is 11.4. The van der Waals surface area contributed by atoms with Crippen molar-refractivity contribution < 1.29 is 9.53 Å². The predicted octanol–water partition coefficient (Wildman–Crippen LogP) is 2.09. The first kappa shape index (κ1) is 12.1. The Kier molecular flexibility index (Phi) is 3.35. The molecule has 1 saturated carbocycles. The van der Waals surface area contributed by atoms with Gasteiger partial charge in [-0.15, -0.1) is 11.3 Å². The molecule has 1 aliphatic heterocycles. The molecule has 2 heterocycles. The van der Waals surface area contributed by atoms with Crippen LogP contribution in [0.4, 0.5) is 0 Å². The molecule has 3 rings (SSSR count). The van der Waals surface area contributed by atoms with E-state index in [4.69, 9.17) is 4.74 Å². The lowest BCUT2D eigenvalue weighted by molar-refractivity contribution is 0.0710. The van der Waals surface area contributed by atoms with Crippen LogP contribution in [0.3, 0.4) is 0 Å². The summed E-state index contributed by atoms with van der Waals surface area (Å²) in [5, 5.41) is 0. The van der Waals surface area contributed by atoms with Crippen LogP contribution in [0, 0.1) is 12.8 Å². The molecule has 0 bridgehead atoms. The topological polar surface area (TPSA) is 42.4 Å². The standard InChI is InChI=1S/C13H18N2O2S/c1-9-12(18-8-14-9)13(16)15(11-2-3-11)6-10-4-5-17-7-10/h8,10-11H,2-7H2,1H3/t10-/m1/s1. The molecule has 2 aliphatic rings. The Morgan fingerprint density at radius 1 is 1.56 bits per heavy atom. The van der Waals surface area contributed by atoms with Crippen LogP contribution in [0.5, 0.6) is 0 Å². The van der Waals surface area contributed by atoms with E-state index in [2.05, 4.69) is 9.88 Å². The molecular weight excluding hydrogens is 248 g/mol. The molecule has 18 heavy (non-hydrogen) atoms. The van der Waals surface area contributed by atoms with Crippen LogP contribution in [-0.4, -0.2) is 41.6 Å². The number of hydrogen-bond donors (Lipinski definition) is 0. The smallest absolute Gasteiger partial charge is 0.266 e. The maximum absolute atomic E-state index is 12.6. The first-order valence-electron chi connectivity index (χ1n) is 6.54. The van der Waals surface area contributed by atoms with Gasteiger partial charge in [0.15, 0.2) is 0 Å². The van der Waals surface area contributed by atoms with Gasteiger partial charge in [-0.1, -0.05) is 0 Å². The minimum absolute atomic E-state index is 0.171. The molecule has 5 heteroatoms. The van der Waals surface area contributed by atoms with E-state index in [-0.39, 0.29) is 5.91 Å². The molecule has 1 amide bonds. The zero-order valence-electron chi connectivity index (χ0n) is 10.6. The van der Waals surface area contributed by atoms with Gasteiger partial charge in [-0.3, -0.25) is 4.79 Å². The van der Waals surface area contributed by atoms with Crippen molar-refractivity contribution in [1.82, 2.24) is 9.88 Å². The highest BCUT2D eigenvalue weighted by molar-refractivity contribution is 7.11. The quantitative estimate of drug-likeness (QED) is 0.838. The molecule has 0 aromatic carbocycles. The molecule has 0 unspecified atom stereocenters. The molecule has 1 saturated heterocycles. The third-order valence-electron chi connectivity index (χ3n) is 3.67. The lowest BCUT2D eigenvalue weighted by Gasteiger charge is -2.24. The number of aromatic nitrogens is 1. The van der Waals surface area contributed by atoms with Gasteiger partial charge in [0.1, 0.15) is 4.88 Å². The normalized spacial score (nSPS) is 23.3. The van der Waals surface area contributed by atoms with Crippen LogP contribution in [0.2, 0.25) is 0 Å². The molecule has 1 aliphatic carbocycles. The molecule has 0 spiro atoms. The second kappa shape index (κ2) is 4.97. The maximum Gasteiger partial charge on any atom is 0.266 e. The zero-order chi connectivity index (χ0) is 12.5. The number of hydrogen-bond acceptors (Lipinski definition) is 4. The van der Waals surface area contributed by atoms with E-state index in [1.165, 1.54) is 11.3 Å². The van der Waals surface area contributed by atoms with Crippen LogP contribution in [0.1, 0.15) is 34.6 Å². The fourth-order valence-electron chi connectivity index (χ4n) is 2.43. The van der Waals surface area contributed by atoms with Crippen molar-refractivity contribution in [3.05, 3.63) is 16.1 Å². The minimum atomic E-state index is 0.171. The van der Waals surface area contributed by atoms with Gasteiger partial charge in [0.2, 0.25) is 0 Å². The third-order valence-corrected chi connectivity index (χ3v) is 4.58. The van der Waals surface area contributed by atoms with Crippen molar-refractivity contribution in [2.24, 2.45) is 5.92 Å². The van der Waals surface area contributed by atoms with Crippen molar-refractivity contribution in [3.8, 4) is 0 Å². The van der Waals surface area contributed by atoms with E-state index in [1.54, 1.807) is 5.51 Å². The highest BCUT2D eigenvalue weighted by Crippen LogP contribution is 2.31. The highest BCUT2D eigenvalue weighted by Gasteiger charge is 2.36. The van der Waals surface area contributed by atoms with Crippen LogP contribution >= 0.6 is 11.3 Å². The number of nitrogens with zero attached hydrogens (tertiary/aromatic N) is 2. The van der Waals surface area contributed by atoms with E-state index in [1.807, 2.05) is 6.92 Å². The predicted molar refractivity (Wildman–Crippen MR) is 69.8 cm³/mol. The molecule has 1 atom stereocenters. The molecule has 2 fully saturated rings. The first-order chi connectivity index (χ1) is 8.75. The van der Waals surface area contributed by atoms with Gasteiger partial charge in [0, 0.05) is 25.1 Å². The Morgan fingerprint density at radius 2 is 2.39 bits per heavy atom. The molecular formula is C13H18N2O2S. The lowest BCUT2D eigenvalue weighted by Crippen LogP contribution is -2.37. The average molecular weight is 266 g/mol. The number of carbonyl (C=O) groups is 1. The van der Waals surface area contributed by atoms with Crippen LogP contribution in [0.25, 0.3) is 0 Å². The second-order valence-corrected chi connectivity index (χ2v) is 6.04. The Labute approximate surface area is 111 Å². The first-order valence-corrected chi connectivity index (χ1v) is 7.42. The minimum Gasteiger partial charge on any atom is -0.381 e. The van der Waals surface area contributed by atoms with Crippen molar-refractivity contribution in [3.63, 3.8) is 0 Å². The highest BCUT2D eigenvalue weighted by atomic mass is 32.1. The van der Waals surface area contributed by atoms with E-state index in [9.17, 15) is 4.79 Å². The summed E-state index contributed by atoms with van der Waals surface area (Å²) < 4.78 is 5.40. The Morgan fingerprint density at radius 3 is 2.94 bits per heavy atom. The van der Waals surface area contributed by atoms with Gasteiger partial charge >= 0.3 is 0 Å². The summed E-state index contributed by atoms with van der Waals surface area (Å²) >= 11 is 1.46. The Hall–Kier alpha value is -0.940. The van der Waals surface area contributed by atoms with Gasteiger partial charge in [-0.25, -0.2) is 4.98 Å². The molecule has 1 aromatic heterocycles. The number of rotatable bonds is 4. The third kappa shape index (κ3) is 2.42. The van der Waals surface area contributed by atoms with Gasteiger partial charge in [0.05, 0.1) is 17.8 Å². The number of ether oxygens (including phenoxy) is 1. The summed E-state index contributed by atoms with van der Waals surface area (Å²) in [6.07, 6.45) is 3.38. The second-order valence-electron chi connectivity index (χ2n) is 5.19. The van der Waals surface area contributed by atoms with E-state index in [0.29, 0.717) is 12.0 Å². The summed E-state index contributed by atoms with van der Waals surface area (Å²) in [5.74, 6) is 0.687. The van der Waals surface area contributed by atoms with Crippen molar-refractivity contribution in [2.75, 3.05) is 19.8 Å². The summed E-state index contributed by atoms with van der Waals surface area (Å²) in [6, 6.07) is 0.458. The molecule has 4 nitrogen and oxygen atoms in total. The van der Waals surface area contributed by atoms with Crippen LogP contribution < -0.4 is 0 Å². The largest absolute Gasteiger partial charge is 0.381 e. The maximum atomic E-state index is 12.6. The van der Waals surface area contributed by atoms with Crippen molar-refractivity contribution in [1.29, 1.82) is 0 Å². The van der Waals surface area contributed by atoms with Crippen molar-refractivity contribution >= 4 is 17.2 Å². The molecule has 0 radical (unpaired) electrons. The average Bonchev–Trinajstić information content (AvgIpc) is 2.89. The number of aryl methyl sites for hydroxylation is 1. The van der Waals surface area contributed by atoms with Crippen LogP contribution in [0.15, 0.2) is 5.51 Å². The van der Waals surface area contributed by atoms with E-state index < -0.39 is 0 Å². The number of amides is 1. The van der Waals surface area contributed by atoms with Crippen molar-refractivity contribution in [2.45, 2.75) is 32.2 Å². The van der Waals surface area contributed by atoms with Gasteiger partial charge in [-0.2, -0.15) is 0 Å². The Balaban J connectivity index is 1.73. The molecule has 1 aromatic rings. The van der Waals surface area contributed by atoms with Gasteiger partial charge in [0.25, 0.3) is 5.91 Å². The fraction of sp³-hybridized carbons (Fsp3) is 0.692. The van der Waals surface area contributed by atoms with Gasteiger partial charge in [-0.05, 0) is 26.2 Å². The Bertz CT molecular complexity index is 436. The summed E-state index contributed by atoms with van der Waals surface area (Å²) in [4.78, 5) is 19.6. The van der Waals surface area contributed by atoms with Crippen LogP contribution in [-0.2, 0) is 4.74 Å². The summed E-state index contributed by atoms with van der Waals surface area (Å²) in [6.45, 7) is 4.41. The van der Waals surface area contributed by atoms with E-state index in [0.717, 1.165) is 49.6 Å². The lowest BCUT2D eigenvalue weighted by atomic mass is 10.1. The SMILES string of the molecule is Cc1ncsc1C(=O)N(C[C@H]1CCOC1)C1CC1. The van der Waals surface area contributed by atoms with E-state index >= 15 is 0 Å². The number of thiazole rings is 1. The monoisotopic (exact) mass is 266 g/mol. The molecule has 98 valence electrons. The summed E-state index contributed by atoms with van der Waals surface area (Å²) in [5.41, 5.74) is 2.62. The fourth-order valence-corrected chi connectivity index (χ4v) is 3.18.